The number of rotatable bonds is 4. The number of nitrogens with one attached hydrogen (secondary N) is 1. The summed E-state index contributed by atoms with van der Waals surface area (Å²) in [5.41, 5.74) is 2.32. The highest BCUT2D eigenvalue weighted by Crippen LogP contribution is 2.33. The zero-order valence-electron chi connectivity index (χ0n) is 15.8. The van der Waals surface area contributed by atoms with E-state index in [0.29, 0.717) is 5.13 Å². The Labute approximate surface area is 172 Å². The number of hydrogen-bond donors (Lipinski definition) is 1. The summed E-state index contributed by atoms with van der Waals surface area (Å²) in [7, 11) is -1.91. The molecule has 2 heterocycles. The van der Waals surface area contributed by atoms with Crippen molar-refractivity contribution in [3.8, 4) is 11.3 Å². The largest absolute Gasteiger partial charge is 0.332 e. The molecule has 0 amide bonds. The van der Waals surface area contributed by atoms with Gasteiger partial charge in [-0.25, -0.2) is 17.8 Å². The van der Waals surface area contributed by atoms with E-state index in [1.54, 1.807) is 12.1 Å². The predicted octanol–water partition coefficient (Wildman–Crippen LogP) is 4.21. The lowest BCUT2D eigenvalue weighted by Crippen LogP contribution is -2.42. The summed E-state index contributed by atoms with van der Waals surface area (Å²) >= 11 is 1.44. The van der Waals surface area contributed by atoms with E-state index in [1.807, 2.05) is 36.6 Å². The Morgan fingerprint density at radius 1 is 1.21 bits per heavy atom. The second-order valence-corrected chi connectivity index (χ2v) is 9.93. The van der Waals surface area contributed by atoms with Crippen LogP contribution in [0.25, 0.3) is 11.3 Å². The molecule has 1 N–H and O–H groups in total. The third kappa shape index (κ3) is 4.01. The second kappa shape index (κ2) is 7.23. The molecule has 1 unspecified atom stereocenters. The van der Waals surface area contributed by atoms with Crippen LogP contribution >= 0.6 is 11.3 Å². The number of sulfonamides is 1. The molecule has 0 aliphatic carbocycles. The van der Waals surface area contributed by atoms with E-state index in [0.717, 1.165) is 26.8 Å². The number of benzene rings is 2. The number of aromatic nitrogens is 1. The molecular weight excluding hydrogens is 411 g/mol. The first-order valence-corrected chi connectivity index (χ1v) is 11.3. The molecular formula is C20H19FN4O2S2. The van der Waals surface area contributed by atoms with Crippen LogP contribution < -0.4 is 5.32 Å². The van der Waals surface area contributed by atoms with Crippen LogP contribution in [-0.4, -0.2) is 36.8 Å². The first-order chi connectivity index (χ1) is 13.7. The topological polar surface area (TPSA) is 74.7 Å². The third-order valence-electron chi connectivity index (χ3n) is 4.79. The first kappa shape index (κ1) is 19.5. The molecule has 0 spiro atoms. The molecule has 0 saturated carbocycles. The van der Waals surface area contributed by atoms with Crippen molar-refractivity contribution in [2.75, 3.05) is 18.1 Å². The number of nitrogens with zero attached hydrogens (tertiary/aromatic N) is 3. The minimum atomic E-state index is -3.39. The maximum atomic E-state index is 13.1. The van der Waals surface area contributed by atoms with Gasteiger partial charge in [-0.15, -0.1) is 11.3 Å². The SMILES string of the molecule is CN1C=NC(C)(c2cccc(Nc3nc(-c4ccc(F)cc4)cs3)c2)CS1(=O)=O. The average Bonchev–Trinajstić information content (AvgIpc) is 3.14. The van der Waals surface area contributed by atoms with Crippen molar-refractivity contribution in [1.82, 2.24) is 9.29 Å². The van der Waals surface area contributed by atoms with Gasteiger partial charge in [-0.2, -0.15) is 0 Å². The highest BCUT2D eigenvalue weighted by Gasteiger charge is 2.37. The molecule has 0 fully saturated rings. The highest BCUT2D eigenvalue weighted by atomic mass is 32.2. The Kier molecular flexibility index (Phi) is 4.87. The van der Waals surface area contributed by atoms with Gasteiger partial charge in [-0.3, -0.25) is 9.30 Å². The quantitative estimate of drug-likeness (QED) is 0.673. The molecule has 1 atom stereocenters. The first-order valence-electron chi connectivity index (χ1n) is 8.85. The van der Waals surface area contributed by atoms with E-state index in [9.17, 15) is 12.8 Å². The standard InChI is InChI=1S/C20H19FN4O2S2/c1-20(12-29(26,27)25(2)13-22-20)15-4-3-5-17(10-15)23-19-24-18(11-28-19)14-6-8-16(21)9-7-14/h3-11,13H,12H2,1-2H3,(H,23,24). The second-order valence-electron chi connectivity index (χ2n) is 7.04. The van der Waals surface area contributed by atoms with Gasteiger partial charge in [0.1, 0.15) is 11.4 Å². The molecule has 1 aliphatic rings. The lowest BCUT2D eigenvalue weighted by atomic mass is 9.94. The van der Waals surface area contributed by atoms with Gasteiger partial charge in [-0.1, -0.05) is 12.1 Å². The third-order valence-corrected chi connectivity index (χ3v) is 7.44. The summed E-state index contributed by atoms with van der Waals surface area (Å²) in [4.78, 5) is 9.01. The Hall–Kier alpha value is -2.78. The van der Waals surface area contributed by atoms with Crippen LogP contribution in [0.15, 0.2) is 58.9 Å². The molecule has 1 aromatic heterocycles. The van der Waals surface area contributed by atoms with Gasteiger partial charge < -0.3 is 5.32 Å². The molecule has 0 saturated heterocycles. The minimum absolute atomic E-state index is 0.0948. The summed E-state index contributed by atoms with van der Waals surface area (Å²) in [6.07, 6.45) is 1.36. The molecule has 0 bridgehead atoms. The smallest absolute Gasteiger partial charge is 0.238 e. The van der Waals surface area contributed by atoms with Gasteiger partial charge in [0, 0.05) is 23.7 Å². The van der Waals surface area contributed by atoms with Gasteiger partial charge >= 0.3 is 0 Å². The maximum Gasteiger partial charge on any atom is 0.238 e. The van der Waals surface area contributed by atoms with Gasteiger partial charge in [0.2, 0.25) is 10.0 Å². The van der Waals surface area contributed by atoms with Crippen molar-refractivity contribution >= 4 is 38.5 Å². The van der Waals surface area contributed by atoms with Crippen molar-refractivity contribution in [2.45, 2.75) is 12.5 Å². The van der Waals surface area contributed by atoms with Crippen LogP contribution in [0.1, 0.15) is 12.5 Å². The van der Waals surface area contributed by atoms with Crippen LogP contribution in [-0.2, 0) is 15.6 Å². The number of hydrogen-bond acceptors (Lipinski definition) is 6. The number of aliphatic imine (C=N–C) groups is 1. The molecule has 29 heavy (non-hydrogen) atoms. The van der Waals surface area contributed by atoms with Gasteiger partial charge in [0.05, 0.1) is 17.8 Å². The van der Waals surface area contributed by atoms with Gasteiger partial charge in [0.15, 0.2) is 5.13 Å². The Bertz CT molecular complexity index is 1180. The van der Waals surface area contributed by atoms with Crippen LogP contribution in [0.2, 0.25) is 0 Å². The molecule has 4 rings (SSSR count). The summed E-state index contributed by atoms with van der Waals surface area (Å²) in [5.74, 6) is -0.381. The fraction of sp³-hybridized carbons (Fsp3) is 0.200. The van der Waals surface area contributed by atoms with Crippen molar-refractivity contribution in [3.63, 3.8) is 0 Å². The van der Waals surface area contributed by atoms with Crippen molar-refractivity contribution in [2.24, 2.45) is 4.99 Å². The molecule has 6 nitrogen and oxygen atoms in total. The Balaban J connectivity index is 1.57. The van der Waals surface area contributed by atoms with E-state index in [4.69, 9.17) is 0 Å². The summed E-state index contributed by atoms with van der Waals surface area (Å²) in [6.45, 7) is 1.81. The fourth-order valence-electron chi connectivity index (χ4n) is 3.07. The van der Waals surface area contributed by atoms with E-state index in [1.165, 1.54) is 36.9 Å². The predicted molar refractivity (Wildman–Crippen MR) is 115 cm³/mol. The fourth-order valence-corrected chi connectivity index (χ4v) is 5.16. The highest BCUT2D eigenvalue weighted by molar-refractivity contribution is 7.89. The van der Waals surface area contributed by atoms with Crippen LogP contribution in [0.4, 0.5) is 15.2 Å². The molecule has 3 aromatic rings. The molecule has 9 heteroatoms. The minimum Gasteiger partial charge on any atom is -0.332 e. The normalized spacial score (nSPS) is 20.6. The molecule has 1 aliphatic heterocycles. The molecule has 0 radical (unpaired) electrons. The van der Waals surface area contributed by atoms with E-state index in [2.05, 4.69) is 15.3 Å². The van der Waals surface area contributed by atoms with Crippen LogP contribution in [0.3, 0.4) is 0 Å². The number of anilines is 2. The van der Waals surface area contributed by atoms with Crippen molar-refractivity contribution < 1.29 is 12.8 Å². The molecule has 2 aromatic carbocycles. The molecule has 150 valence electrons. The summed E-state index contributed by atoms with van der Waals surface area (Å²) < 4.78 is 38.8. The zero-order valence-corrected chi connectivity index (χ0v) is 17.5. The van der Waals surface area contributed by atoms with E-state index < -0.39 is 15.6 Å². The lowest BCUT2D eigenvalue weighted by molar-refractivity contribution is 0.485. The van der Waals surface area contributed by atoms with Crippen molar-refractivity contribution in [3.05, 3.63) is 65.3 Å². The van der Waals surface area contributed by atoms with Gasteiger partial charge in [-0.05, 0) is 48.9 Å². The monoisotopic (exact) mass is 430 g/mol. The Morgan fingerprint density at radius 2 is 1.97 bits per heavy atom. The Morgan fingerprint density at radius 3 is 2.69 bits per heavy atom. The number of thiazole rings is 1. The van der Waals surface area contributed by atoms with Crippen LogP contribution in [0.5, 0.6) is 0 Å². The zero-order chi connectivity index (χ0) is 20.6. The summed E-state index contributed by atoms with van der Waals surface area (Å²) in [5, 5.41) is 5.84. The van der Waals surface area contributed by atoms with Crippen molar-refractivity contribution in [1.29, 1.82) is 0 Å². The average molecular weight is 431 g/mol. The lowest BCUT2D eigenvalue weighted by Gasteiger charge is -2.32. The van der Waals surface area contributed by atoms with Crippen LogP contribution in [0, 0.1) is 5.82 Å². The number of halogens is 1. The maximum absolute atomic E-state index is 13.1. The van der Waals surface area contributed by atoms with Gasteiger partial charge in [0.25, 0.3) is 0 Å². The van der Waals surface area contributed by atoms with E-state index in [-0.39, 0.29) is 11.6 Å². The van der Waals surface area contributed by atoms with E-state index >= 15 is 0 Å². The summed E-state index contributed by atoms with van der Waals surface area (Å²) in [6, 6.07) is 13.7.